The maximum absolute atomic E-state index is 5.37. The zero-order chi connectivity index (χ0) is 8.81. The summed E-state index contributed by atoms with van der Waals surface area (Å²) in [6.45, 7) is 5.21. The van der Waals surface area contributed by atoms with Crippen LogP contribution in [0.25, 0.3) is 0 Å². The lowest BCUT2D eigenvalue weighted by molar-refractivity contribution is -0.138. The van der Waals surface area contributed by atoms with Crippen molar-refractivity contribution in [3.05, 3.63) is 17.1 Å². The van der Waals surface area contributed by atoms with Crippen molar-refractivity contribution in [1.82, 2.24) is 4.37 Å². The summed E-state index contributed by atoms with van der Waals surface area (Å²) in [5.41, 5.74) is 0. The monoisotopic (exact) mass is 187 g/mol. The van der Waals surface area contributed by atoms with Gasteiger partial charge in [0.25, 0.3) is 0 Å². The molecular weight excluding hydrogens is 174 g/mol. The molecule has 0 aromatic carbocycles. The lowest BCUT2D eigenvalue weighted by Gasteiger charge is -2.13. The molecule has 0 radical (unpaired) electrons. The normalized spacial score (nSPS) is 10.9. The third kappa shape index (κ3) is 2.55. The number of hydrogen-bond acceptors (Lipinski definition) is 4. The molecule has 1 rings (SSSR count). The molecule has 1 heterocycles. The molecular formula is C8H13NO2S. The first-order valence-corrected chi connectivity index (χ1v) is 4.79. The Balaban J connectivity index is 2.53. The van der Waals surface area contributed by atoms with E-state index >= 15 is 0 Å². The molecule has 0 fully saturated rings. The standard InChI is InChI=1S/C8H13NO2S/c1-3-10-8(11-4-2)7-5-6-9-12-7/h5-6,8H,3-4H2,1-2H3. The van der Waals surface area contributed by atoms with Crippen LogP contribution in [0, 0.1) is 0 Å². The van der Waals surface area contributed by atoms with Crippen molar-refractivity contribution in [2.24, 2.45) is 0 Å². The van der Waals surface area contributed by atoms with E-state index in [1.165, 1.54) is 11.5 Å². The van der Waals surface area contributed by atoms with Gasteiger partial charge in [0.15, 0.2) is 6.29 Å². The van der Waals surface area contributed by atoms with Crippen LogP contribution < -0.4 is 0 Å². The van der Waals surface area contributed by atoms with Crippen LogP contribution in [0.2, 0.25) is 0 Å². The molecule has 0 amide bonds. The highest BCUT2D eigenvalue weighted by atomic mass is 32.1. The van der Waals surface area contributed by atoms with Crippen LogP contribution in [-0.4, -0.2) is 17.6 Å². The van der Waals surface area contributed by atoms with Gasteiger partial charge in [0, 0.05) is 19.4 Å². The van der Waals surface area contributed by atoms with Crippen molar-refractivity contribution in [3.63, 3.8) is 0 Å². The molecule has 1 aromatic heterocycles. The third-order valence-corrected chi connectivity index (χ3v) is 2.09. The minimum Gasteiger partial charge on any atom is -0.348 e. The van der Waals surface area contributed by atoms with Crippen molar-refractivity contribution in [2.75, 3.05) is 13.2 Å². The summed E-state index contributed by atoms with van der Waals surface area (Å²) in [5, 5.41) is 0. The second-order valence-electron chi connectivity index (χ2n) is 2.16. The molecule has 3 nitrogen and oxygen atoms in total. The SMILES string of the molecule is CCOC(OCC)c1ccns1. The molecule has 0 atom stereocenters. The Morgan fingerprint density at radius 1 is 1.42 bits per heavy atom. The molecule has 0 N–H and O–H groups in total. The smallest absolute Gasteiger partial charge is 0.194 e. The van der Waals surface area contributed by atoms with E-state index in [2.05, 4.69) is 4.37 Å². The summed E-state index contributed by atoms with van der Waals surface area (Å²) in [5.74, 6) is 0. The molecule has 0 bridgehead atoms. The highest BCUT2D eigenvalue weighted by Gasteiger charge is 2.11. The third-order valence-electron chi connectivity index (χ3n) is 1.33. The van der Waals surface area contributed by atoms with E-state index in [9.17, 15) is 0 Å². The fourth-order valence-corrected chi connectivity index (χ4v) is 1.45. The van der Waals surface area contributed by atoms with E-state index in [0.717, 1.165) is 4.88 Å². The quantitative estimate of drug-likeness (QED) is 0.662. The Labute approximate surface area is 76.5 Å². The van der Waals surface area contributed by atoms with Crippen molar-refractivity contribution < 1.29 is 9.47 Å². The van der Waals surface area contributed by atoms with E-state index in [4.69, 9.17) is 9.47 Å². The molecule has 0 saturated heterocycles. The Hall–Kier alpha value is -0.450. The van der Waals surface area contributed by atoms with Crippen molar-refractivity contribution in [2.45, 2.75) is 20.1 Å². The second-order valence-corrected chi connectivity index (χ2v) is 3.02. The highest BCUT2D eigenvalue weighted by Crippen LogP contribution is 2.21. The van der Waals surface area contributed by atoms with E-state index in [0.29, 0.717) is 13.2 Å². The van der Waals surface area contributed by atoms with Gasteiger partial charge in [-0.3, -0.25) is 0 Å². The van der Waals surface area contributed by atoms with Gasteiger partial charge in [0.2, 0.25) is 0 Å². The van der Waals surface area contributed by atoms with Crippen molar-refractivity contribution in [1.29, 1.82) is 0 Å². The van der Waals surface area contributed by atoms with Gasteiger partial charge in [-0.15, -0.1) is 0 Å². The van der Waals surface area contributed by atoms with Crippen LogP contribution in [0.4, 0.5) is 0 Å². The Morgan fingerprint density at radius 3 is 2.50 bits per heavy atom. The number of ether oxygens (including phenoxy) is 2. The summed E-state index contributed by atoms with van der Waals surface area (Å²) in [6, 6.07) is 1.92. The summed E-state index contributed by atoms with van der Waals surface area (Å²) in [6.07, 6.45) is 1.53. The average Bonchev–Trinajstić information content (AvgIpc) is 2.56. The highest BCUT2D eigenvalue weighted by molar-refractivity contribution is 7.05. The lowest BCUT2D eigenvalue weighted by Crippen LogP contribution is -2.06. The van der Waals surface area contributed by atoms with E-state index < -0.39 is 0 Å². The van der Waals surface area contributed by atoms with Crippen LogP contribution in [0.15, 0.2) is 12.3 Å². The molecule has 0 saturated carbocycles. The number of aromatic nitrogens is 1. The van der Waals surface area contributed by atoms with Gasteiger partial charge in [-0.25, -0.2) is 4.37 Å². The van der Waals surface area contributed by atoms with Gasteiger partial charge in [0.1, 0.15) is 0 Å². The number of hydrogen-bond donors (Lipinski definition) is 0. The molecule has 0 spiro atoms. The maximum Gasteiger partial charge on any atom is 0.194 e. The Morgan fingerprint density at radius 2 is 2.08 bits per heavy atom. The summed E-state index contributed by atoms with van der Waals surface area (Å²) in [4.78, 5) is 1.03. The number of rotatable bonds is 5. The fourth-order valence-electron chi connectivity index (χ4n) is 0.862. The average molecular weight is 187 g/mol. The fraction of sp³-hybridized carbons (Fsp3) is 0.625. The first-order chi connectivity index (χ1) is 5.88. The van der Waals surface area contributed by atoms with Crippen molar-refractivity contribution in [3.8, 4) is 0 Å². The van der Waals surface area contributed by atoms with Crippen LogP contribution >= 0.6 is 11.5 Å². The molecule has 1 aromatic rings. The molecule has 12 heavy (non-hydrogen) atoms. The van der Waals surface area contributed by atoms with Crippen LogP contribution in [0.5, 0.6) is 0 Å². The first-order valence-electron chi connectivity index (χ1n) is 4.02. The predicted molar refractivity (Wildman–Crippen MR) is 48.1 cm³/mol. The summed E-state index contributed by atoms with van der Waals surface area (Å²) < 4.78 is 14.7. The van der Waals surface area contributed by atoms with Crippen LogP contribution in [0.1, 0.15) is 25.0 Å². The molecule has 68 valence electrons. The minimum absolute atomic E-state index is 0.229. The zero-order valence-electron chi connectivity index (χ0n) is 7.32. The summed E-state index contributed by atoms with van der Waals surface area (Å²) in [7, 11) is 0. The summed E-state index contributed by atoms with van der Waals surface area (Å²) >= 11 is 1.41. The topological polar surface area (TPSA) is 31.4 Å². The predicted octanol–water partition coefficient (Wildman–Crippen LogP) is 2.21. The maximum atomic E-state index is 5.37. The first kappa shape index (κ1) is 9.64. The molecule has 0 unspecified atom stereocenters. The molecule has 4 heteroatoms. The van der Waals surface area contributed by atoms with Gasteiger partial charge < -0.3 is 9.47 Å². The van der Waals surface area contributed by atoms with E-state index in [-0.39, 0.29) is 6.29 Å². The Kier molecular flexibility index (Phi) is 4.21. The van der Waals surface area contributed by atoms with Gasteiger partial charge in [0.05, 0.1) is 4.88 Å². The van der Waals surface area contributed by atoms with E-state index in [1.54, 1.807) is 6.20 Å². The largest absolute Gasteiger partial charge is 0.348 e. The van der Waals surface area contributed by atoms with E-state index in [1.807, 2.05) is 19.9 Å². The molecule has 0 aliphatic heterocycles. The second kappa shape index (κ2) is 5.24. The van der Waals surface area contributed by atoms with Gasteiger partial charge in [-0.05, 0) is 31.4 Å². The molecule has 0 aliphatic carbocycles. The Bertz CT molecular complexity index is 195. The van der Waals surface area contributed by atoms with Crippen LogP contribution in [-0.2, 0) is 9.47 Å². The van der Waals surface area contributed by atoms with Gasteiger partial charge in [-0.2, -0.15) is 0 Å². The zero-order valence-corrected chi connectivity index (χ0v) is 8.13. The van der Waals surface area contributed by atoms with Gasteiger partial charge in [-0.1, -0.05) is 0 Å². The molecule has 0 aliphatic rings. The van der Waals surface area contributed by atoms with Crippen molar-refractivity contribution >= 4 is 11.5 Å². The minimum atomic E-state index is -0.229. The van der Waals surface area contributed by atoms with Gasteiger partial charge >= 0.3 is 0 Å². The van der Waals surface area contributed by atoms with Crippen LogP contribution in [0.3, 0.4) is 0 Å². The lowest BCUT2D eigenvalue weighted by atomic mass is 10.5. The number of nitrogens with zero attached hydrogens (tertiary/aromatic N) is 1.